The first-order valence-corrected chi connectivity index (χ1v) is 5.88. The van der Waals surface area contributed by atoms with Crippen molar-refractivity contribution < 1.29 is 9.26 Å². The minimum Gasteiger partial charge on any atom is -0.485 e. The topological polar surface area (TPSA) is 60.2 Å². The molecular formula is C13H17N3O2. The van der Waals surface area contributed by atoms with Crippen molar-refractivity contribution >= 4 is 0 Å². The van der Waals surface area contributed by atoms with Gasteiger partial charge in [0.25, 0.3) is 0 Å². The van der Waals surface area contributed by atoms with E-state index in [1.54, 1.807) is 6.92 Å². The van der Waals surface area contributed by atoms with Crippen molar-refractivity contribution in [3.8, 4) is 5.75 Å². The number of aromatic nitrogens is 2. The molecule has 0 bridgehead atoms. The SMILES string of the molecule is CNC(C)c1cccc(OCc2noc(C)n2)c1. The standard InChI is InChI=1S/C13H17N3O2/c1-9(14-3)11-5-4-6-12(7-11)17-8-13-15-10(2)18-16-13/h4-7,9,14H,8H2,1-3H3. The van der Waals surface area contributed by atoms with Gasteiger partial charge in [-0.25, -0.2) is 0 Å². The van der Waals surface area contributed by atoms with Gasteiger partial charge < -0.3 is 14.6 Å². The second-order valence-electron chi connectivity index (χ2n) is 4.10. The lowest BCUT2D eigenvalue weighted by atomic mass is 10.1. The molecular weight excluding hydrogens is 230 g/mol. The molecule has 18 heavy (non-hydrogen) atoms. The summed E-state index contributed by atoms with van der Waals surface area (Å²) in [5.41, 5.74) is 1.18. The van der Waals surface area contributed by atoms with E-state index in [0.29, 0.717) is 24.4 Å². The zero-order chi connectivity index (χ0) is 13.0. The maximum atomic E-state index is 5.63. The third kappa shape index (κ3) is 3.07. The first kappa shape index (κ1) is 12.6. The molecule has 0 fully saturated rings. The molecule has 0 saturated carbocycles. The Kier molecular flexibility index (Phi) is 3.94. The Hall–Kier alpha value is -1.88. The van der Waals surface area contributed by atoms with E-state index in [9.17, 15) is 0 Å². The van der Waals surface area contributed by atoms with E-state index in [1.165, 1.54) is 5.56 Å². The lowest BCUT2D eigenvalue weighted by Gasteiger charge is -2.12. The molecule has 1 unspecified atom stereocenters. The summed E-state index contributed by atoms with van der Waals surface area (Å²) in [4.78, 5) is 4.08. The number of benzene rings is 1. The predicted octanol–water partition coefficient (Wildman–Crippen LogP) is 2.24. The number of nitrogens with one attached hydrogen (secondary N) is 1. The predicted molar refractivity (Wildman–Crippen MR) is 67.3 cm³/mol. The van der Waals surface area contributed by atoms with Gasteiger partial charge in [-0.3, -0.25) is 0 Å². The van der Waals surface area contributed by atoms with Crippen molar-refractivity contribution in [3.05, 3.63) is 41.5 Å². The summed E-state index contributed by atoms with van der Waals surface area (Å²) in [6, 6.07) is 8.25. The number of ether oxygens (including phenoxy) is 1. The molecule has 5 nitrogen and oxygen atoms in total. The Balaban J connectivity index is 2.01. The van der Waals surface area contributed by atoms with Crippen molar-refractivity contribution in [1.82, 2.24) is 15.5 Å². The minimum absolute atomic E-state index is 0.293. The number of aryl methyl sites for hydroxylation is 1. The normalized spacial score (nSPS) is 12.4. The van der Waals surface area contributed by atoms with Crippen molar-refractivity contribution in [1.29, 1.82) is 0 Å². The van der Waals surface area contributed by atoms with Crippen molar-refractivity contribution in [3.63, 3.8) is 0 Å². The summed E-state index contributed by atoms with van der Waals surface area (Å²) in [6.07, 6.45) is 0. The maximum absolute atomic E-state index is 5.63. The van der Waals surface area contributed by atoms with Crippen LogP contribution >= 0.6 is 0 Å². The molecule has 0 radical (unpaired) electrons. The summed E-state index contributed by atoms with van der Waals surface area (Å²) in [6.45, 7) is 4.17. The number of rotatable bonds is 5. The maximum Gasteiger partial charge on any atom is 0.223 e. The van der Waals surface area contributed by atoms with Crippen LogP contribution in [0.25, 0.3) is 0 Å². The van der Waals surface area contributed by atoms with Crippen LogP contribution in [0.1, 0.15) is 30.2 Å². The van der Waals surface area contributed by atoms with Crippen LogP contribution in [0.2, 0.25) is 0 Å². The molecule has 0 aliphatic carbocycles. The van der Waals surface area contributed by atoms with Crippen molar-refractivity contribution in [2.24, 2.45) is 0 Å². The van der Waals surface area contributed by atoms with Crippen LogP contribution in [-0.2, 0) is 6.61 Å². The average Bonchev–Trinajstić information content (AvgIpc) is 2.81. The highest BCUT2D eigenvalue weighted by Gasteiger charge is 2.06. The van der Waals surface area contributed by atoms with E-state index >= 15 is 0 Å². The van der Waals surface area contributed by atoms with Gasteiger partial charge in [0.2, 0.25) is 11.7 Å². The summed E-state index contributed by atoms with van der Waals surface area (Å²) in [5.74, 6) is 1.91. The second kappa shape index (κ2) is 5.64. The number of hydrogen-bond acceptors (Lipinski definition) is 5. The van der Waals surface area contributed by atoms with Crippen LogP contribution in [0.15, 0.2) is 28.8 Å². The van der Waals surface area contributed by atoms with E-state index in [0.717, 1.165) is 5.75 Å². The van der Waals surface area contributed by atoms with E-state index in [2.05, 4.69) is 28.4 Å². The molecule has 0 amide bonds. The molecule has 1 atom stereocenters. The molecule has 2 aromatic rings. The van der Waals surface area contributed by atoms with Gasteiger partial charge in [0.05, 0.1) is 0 Å². The quantitative estimate of drug-likeness (QED) is 0.878. The highest BCUT2D eigenvalue weighted by molar-refractivity contribution is 5.30. The molecule has 0 aliphatic rings. The minimum atomic E-state index is 0.293. The van der Waals surface area contributed by atoms with Crippen molar-refractivity contribution in [2.45, 2.75) is 26.5 Å². The van der Waals surface area contributed by atoms with Crippen LogP contribution in [-0.4, -0.2) is 17.2 Å². The van der Waals surface area contributed by atoms with Crippen LogP contribution in [0.5, 0.6) is 5.75 Å². The Morgan fingerprint density at radius 3 is 2.94 bits per heavy atom. The van der Waals surface area contributed by atoms with E-state index in [1.807, 2.05) is 25.2 Å². The molecule has 1 aromatic carbocycles. The Bertz CT molecular complexity index is 510. The zero-order valence-electron chi connectivity index (χ0n) is 10.8. The van der Waals surface area contributed by atoms with Crippen LogP contribution in [0.3, 0.4) is 0 Å². The Labute approximate surface area is 106 Å². The van der Waals surface area contributed by atoms with Gasteiger partial charge >= 0.3 is 0 Å². The third-order valence-corrected chi connectivity index (χ3v) is 2.73. The van der Waals surface area contributed by atoms with Gasteiger partial charge in [-0.2, -0.15) is 4.98 Å². The first-order valence-electron chi connectivity index (χ1n) is 5.88. The molecule has 2 rings (SSSR count). The average molecular weight is 247 g/mol. The number of nitrogens with zero attached hydrogens (tertiary/aromatic N) is 2. The summed E-state index contributed by atoms with van der Waals surface area (Å²) >= 11 is 0. The fraction of sp³-hybridized carbons (Fsp3) is 0.385. The molecule has 0 spiro atoms. The van der Waals surface area contributed by atoms with Crippen LogP contribution in [0, 0.1) is 6.92 Å². The van der Waals surface area contributed by atoms with Gasteiger partial charge in [0.15, 0.2) is 6.61 Å². The molecule has 1 heterocycles. The Morgan fingerprint density at radius 1 is 1.44 bits per heavy atom. The fourth-order valence-electron chi connectivity index (χ4n) is 1.59. The van der Waals surface area contributed by atoms with Crippen molar-refractivity contribution in [2.75, 3.05) is 7.05 Å². The molecule has 1 aromatic heterocycles. The second-order valence-corrected chi connectivity index (χ2v) is 4.10. The van der Waals surface area contributed by atoms with Gasteiger partial charge in [0, 0.05) is 13.0 Å². The largest absolute Gasteiger partial charge is 0.485 e. The summed E-state index contributed by atoms with van der Waals surface area (Å²) < 4.78 is 10.5. The van der Waals surface area contributed by atoms with Gasteiger partial charge in [-0.1, -0.05) is 17.3 Å². The molecule has 1 N–H and O–H groups in total. The first-order chi connectivity index (χ1) is 8.69. The lowest BCUT2D eigenvalue weighted by molar-refractivity contribution is 0.285. The monoisotopic (exact) mass is 247 g/mol. The molecule has 5 heteroatoms. The molecule has 0 saturated heterocycles. The van der Waals surface area contributed by atoms with Gasteiger partial charge in [-0.15, -0.1) is 0 Å². The van der Waals surface area contributed by atoms with E-state index < -0.39 is 0 Å². The smallest absolute Gasteiger partial charge is 0.223 e. The van der Waals surface area contributed by atoms with Gasteiger partial charge in [-0.05, 0) is 31.7 Å². The van der Waals surface area contributed by atoms with E-state index in [4.69, 9.17) is 9.26 Å². The number of hydrogen-bond donors (Lipinski definition) is 1. The summed E-state index contributed by atoms with van der Waals surface area (Å²) in [7, 11) is 1.93. The summed E-state index contributed by atoms with van der Waals surface area (Å²) in [5, 5.41) is 6.97. The molecule has 96 valence electrons. The fourth-order valence-corrected chi connectivity index (χ4v) is 1.59. The third-order valence-electron chi connectivity index (χ3n) is 2.73. The highest BCUT2D eigenvalue weighted by Crippen LogP contribution is 2.19. The zero-order valence-corrected chi connectivity index (χ0v) is 10.8. The highest BCUT2D eigenvalue weighted by atomic mass is 16.5. The molecule has 0 aliphatic heterocycles. The van der Waals surface area contributed by atoms with E-state index in [-0.39, 0.29) is 0 Å². The van der Waals surface area contributed by atoms with Gasteiger partial charge in [0.1, 0.15) is 5.75 Å². The van der Waals surface area contributed by atoms with Crippen LogP contribution in [0.4, 0.5) is 0 Å². The van der Waals surface area contributed by atoms with Crippen LogP contribution < -0.4 is 10.1 Å². The Morgan fingerprint density at radius 2 is 2.28 bits per heavy atom. The lowest BCUT2D eigenvalue weighted by Crippen LogP contribution is -2.12.